The number of benzene rings is 2. The van der Waals surface area contributed by atoms with Crippen LogP contribution in [-0.2, 0) is 17.1 Å². The number of fused-ring (bicyclic) bond motifs is 1. The molecule has 4 rings (SSSR count). The Morgan fingerprint density at radius 3 is 2.41 bits per heavy atom. The van der Waals surface area contributed by atoms with Crippen molar-refractivity contribution in [1.82, 2.24) is 9.29 Å². The normalized spacial score (nSPS) is 15.5. The quantitative estimate of drug-likeness (QED) is 0.399. The largest absolute Gasteiger partial charge is 0.396 e. The second-order valence-electron chi connectivity index (χ2n) is 10.5. The van der Waals surface area contributed by atoms with Gasteiger partial charge < -0.3 is 14.6 Å². The van der Waals surface area contributed by atoms with Crippen molar-refractivity contribution < 1.29 is 13.5 Å². The van der Waals surface area contributed by atoms with Gasteiger partial charge in [-0.2, -0.15) is 5.26 Å². The lowest BCUT2D eigenvalue weighted by atomic mass is 10.0. The van der Waals surface area contributed by atoms with Crippen molar-refractivity contribution in [3.05, 3.63) is 59.1 Å². The Morgan fingerprint density at radius 1 is 1.05 bits per heavy atom. The summed E-state index contributed by atoms with van der Waals surface area (Å²) >= 11 is 0. The van der Waals surface area contributed by atoms with Gasteiger partial charge in [0.1, 0.15) is 6.07 Å². The standard InChI is InChI=1S/C29H36N4O3S/c1-21(28(20-30)37(35,36)31-29(2,3)14-17-34)26-12-13-27(32(26)4)24-9-8-23-19-25(11-10-22(23)18-24)33-15-6-5-7-16-33/h8-13,18-19,31,34H,5-7,14-17H2,1-4H3/b28-21+. The number of piperidine rings is 1. The zero-order chi connectivity index (χ0) is 26.8. The van der Waals surface area contributed by atoms with Gasteiger partial charge in [-0.1, -0.05) is 18.2 Å². The third kappa shape index (κ3) is 5.74. The monoisotopic (exact) mass is 520 g/mol. The van der Waals surface area contributed by atoms with Gasteiger partial charge in [0.2, 0.25) is 0 Å². The third-order valence-corrected chi connectivity index (χ3v) is 8.96. The molecule has 8 heteroatoms. The molecule has 7 nitrogen and oxygen atoms in total. The zero-order valence-corrected chi connectivity index (χ0v) is 22.9. The predicted molar refractivity (Wildman–Crippen MR) is 150 cm³/mol. The molecule has 0 saturated carbocycles. The van der Waals surface area contributed by atoms with E-state index in [2.05, 4.69) is 46.0 Å². The van der Waals surface area contributed by atoms with Crippen LogP contribution < -0.4 is 9.62 Å². The van der Waals surface area contributed by atoms with Gasteiger partial charge in [-0.25, -0.2) is 13.1 Å². The van der Waals surface area contributed by atoms with E-state index < -0.39 is 15.6 Å². The minimum Gasteiger partial charge on any atom is -0.396 e. The van der Waals surface area contributed by atoms with Crippen LogP contribution in [0.2, 0.25) is 0 Å². The first-order valence-electron chi connectivity index (χ1n) is 12.8. The summed E-state index contributed by atoms with van der Waals surface area (Å²) in [5, 5.41) is 21.4. The number of rotatable bonds is 8. The van der Waals surface area contributed by atoms with E-state index in [0.29, 0.717) is 11.3 Å². The maximum atomic E-state index is 13.1. The van der Waals surface area contributed by atoms with E-state index in [1.807, 2.05) is 29.8 Å². The molecule has 2 heterocycles. The summed E-state index contributed by atoms with van der Waals surface area (Å²) in [5.41, 5.74) is 3.35. The van der Waals surface area contributed by atoms with Crippen LogP contribution in [0.3, 0.4) is 0 Å². The number of aliphatic hydroxyl groups excluding tert-OH is 1. The summed E-state index contributed by atoms with van der Waals surface area (Å²) in [7, 11) is -2.20. The molecule has 0 unspecified atom stereocenters. The van der Waals surface area contributed by atoms with E-state index in [1.165, 1.54) is 30.3 Å². The molecule has 2 N–H and O–H groups in total. The van der Waals surface area contributed by atoms with Gasteiger partial charge in [-0.3, -0.25) is 0 Å². The topological polar surface area (TPSA) is 98.4 Å². The van der Waals surface area contributed by atoms with Gasteiger partial charge in [-0.15, -0.1) is 0 Å². The average Bonchev–Trinajstić information content (AvgIpc) is 3.24. The SMILES string of the molecule is C/C(=C(/C#N)S(=O)(=O)NC(C)(C)CCO)c1ccc(-c2ccc3cc(N4CCCCC4)ccc3c2)n1C. The Labute approximate surface area is 220 Å². The number of sulfonamides is 1. The molecule has 1 aliphatic rings. The average molecular weight is 521 g/mol. The second kappa shape index (κ2) is 10.7. The molecule has 0 spiro atoms. The molecule has 1 fully saturated rings. The lowest BCUT2D eigenvalue weighted by Gasteiger charge is -2.29. The molecule has 3 aromatic rings. The van der Waals surface area contributed by atoms with Crippen molar-refractivity contribution >= 4 is 32.1 Å². The Balaban J connectivity index is 1.66. The van der Waals surface area contributed by atoms with E-state index in [4.69, 9.17) is 0 Å². The smallest absolute Gasteiger partial charge is 0.251 e. The Hall–Kier alpha value is -3.12. The summed E-state index contributed by atoms with van der Waals surface area (Å²) in [5.74, 6) is 0. The maximum Gasteiger partial charge on any atom is 0.251 e. The lowest BCUT2D eigenvalue weighted by Crippen LogP contribution is -2.44. The summed E-state index contributed by atoms with van der Waals surface area (Å²) in [6, 6.07) is 18.7. The maximum absolute atomic E-state index is 13.1. The molecule has 37 heavy (non-hydrogen) atoms. The summed E-state index contributed by atoms with van der Waals surface area (Å²) < 4.78 is 30.6. The molecule has 1 aromatic heterocycles. The van der Waals surface area contributed by atoms with Gasteiger partial charge in [0, 0.05) is 54.9 Å². The van der Waals surface area contributed by atoms with Crippen LogP contribution >= 0.6 is 0 Å². The van der Waals surface area contributed by atoms with Crippen LogP contribution in [0, 0.1) is 11.3 Å². The highest BCUT2D eigenvalue weighted by Gasteiger charge is 2.29. The fraction of sp³-hybridized carbons (Fsp3) is 0.414. The van der Waals surface area contributed by atoms with Crippen molar-refractivity contribution in [3.63, 3.8) is 0 Å². The molecule has 0 amide bonds. The molecule has 196 valence electrons. The number of nitrogens with one attached hydrogen (secondary N) is 1. The fourth-order valence-electron chi connectivity index (χ4n) is 5.13. The van der Waals surface area contributed by atoms with Gasteiger partial charge in [0.15, 0.2) is 4.91 Å². The van der Waals surface area contributed by atoms with Crippen molar-refractivity contribution in [3.8, 4) is 17.3 Å². The van der Waals surface area contributed by atoms with Gasteiger partial charge in [0.25, 0.3) is 10.0 Å². The van der Waals surface area contributed by atoms with E-state index in [9.17, 15) is 18.8 Å². The van der Waals surface area contributed by atoms with E-state index in [0.717, 1.165) is 29.7 Å². The molecule has 0 atom stereocenters. The number of aliphatic hydroxyl groups is 1. The second-order valence-corrected chi connectivity index (χ2v) is 12.1. The minimum absolute atomic E-state index is 0.160. The number of anilines is 1. The molecule has 0 radical (unpaired) electrons. The molecule has 0 bridgehead atoms. The first-order valence-corrected chi connectivity index (χ1v) is 14.3. The zero-order valence-electron chi connectivity index (χ0n) is 22.1. The predicted octanol–water partition coefficient (Wildman–Crippen LogP) is 5.17. The highest BCUT2D eigenvalue weighted by Crippen LogP contribution is 2.32. The summed E-state index contributed by atoms with van der Waals surface area (Å²) in [6.07, 6.45) is 4.03. The third-order valence-electron chi connectivity index (χ3n) is 7.21. The van der Waals surface area contributed by atoms with Crippen LogP contribution in [0.15, 0.2) is 53.4 Å². The number of aromatic nitrogens is 1. The summed E-state index contributed by atoms with van der Waals surface area (Å²) in [4.78, 5) is 2.13. The van der Waals surface area contributed by atoms with Gasteiger partial charge in [0.05, 0.1) is 0 Å². The van der Waals surface area contributed by atoms with Crippen LogP contribution in [0.25, 0.3) is 27.6 Å². The van der Waals surface area contributed by atoms with Crippen LogP contribution in [-0.4, -0.2) is 43.3 Å². The van der Waals surface area contributed by atoms with Gasteiger partial charge in [-0.05, 0) is 93.1 Å². The Kier molecular flexibility index (Phi) is 7.79. The van der Waals surface area contributed by atoms with Crippen LogP contribution in [0.4, 0.5) is 5.69 Å². The van der Waals surface area contributed by atoms with Crippen LogP contribution in [0.5, 0.6) is 0 Å². The number of nitrogens with zero attached hydrogens (tertiary/aromatic N) is 3. The molecular formula is C29H36N4O3S. The van der Waals surface area contributed by atoms with Gasteiger partial charge >= 0.3 is 0 Å². The number of nitriles is 1. The number of hydrogen-bond acceptors (Lipinski definition) is 5. The highest BCUT2D eigenvalue weighted by molar-refractivity contribution is 7.94. The van der Waals surface area contributed by atoms with Crippen molar-refractivity contribution in [2.45, 2.75) is 52.0 Å². The highest BCUT2D eigenvalue weighted by atomic mass is 32.2. The molecular weight excluding hydrogens is 484 g/mol. The van der Waals surface area contributed by atoms with E-state index >= 15 is 0 Å². The summed E-state index contributed by atoms with van der Waals surface area (Å²) in [6.45, 7) is 7.07. The molecule has 0 aliphatic carbocycles. The van der Waals surface area contributed by atoms with E-state index in [-0.39, 0.29) is 17.9 Å². The Morgan fingerprint density at radius 2 is 1.73 bits per heavy atom. The molecule has 1 saturated heterocycles. The first kappa shape index (κ1) is 26.9. The number of allylic oxidation sites excluding steroid dienone is 2. The molecule has 1 aliphatic heterocycles. The lowest BCUT2D eigenvalue weighted by molar-refractivity contribution is 0.246. The molecule has 2 aromatic carbocycles. The number of hydrogen-bond donors (Lipinski definition) is 2. The van der Waals surface area contributed by atoms with E-state index in [1.54, 1.807) is 20.8 Å². The Bertz CT molecular complexity index is 1470. The fourth-order valence-corrected chi connectivity index (χ4v) is 6.69. The van der Waals surface area contributed by atoms with Crippen molar-refractivity contribution in [2.24, 2.45) is 7.05 Å². The first-order chi connectivity index (χ1) is 17.6. The minimum atomic E-state index is -4.07. The van der Waals surface area contributed by atoms with Crippen LogP contribution in [0.1, 0.15) is 52.1 Å². The van der Waals surface area contributed by atoms with Crippen molar-refractivity contribution in [2.75, 3.05) is 24.6 Å². The van der Waals surface area contributed by atoms with Crippen molar-refractivity contribution in [1.29, 1.82) is 5.26 Å².